The molecule has 4 rings (SSSR count). The van der Waals surface area contributed by atoms with Crippen molar-refractivity contribution in [3.05, 3.63) is 74.7 Å². The van der Waals surface area contributed by atoms with E-state index in [1.54, 1.807) is 19.2 Å². The Morgan fingerprint density at radius 2 is 1.77 bits per heavy atom. The van der Waals surface area contributed by atoms with Gasteiger partial charge < -0.3 is 9.47 Å². The number of esters is 1. The van der Waals surface area contributed by atoms with Crippen LogP contribution in [-0.4, -0.2) is 30.7 Å². The topological polar surface area (TPSA) is 77.8 Å². The molecule has 2 heterocycles. The van der Waals surface area contributed by atoms with Gasteiger partial charge >= 0.3 is 10.8 Å². The second-order valence-electron chi connectivity index (χ2n) is 6.81. The predicted molar refractivity (Wildman–Crippen MR) is 114 cm³/mol. The molecule has 0 spiro atoms. The lowest BCUT2D eigenvalue weighted by Crippen LogP contribution is -2.36. The summed E-state index contributed by atoms with van der Waals surface area (Å²) in [5.41, 5.74) is 1.55. The van der Waals surface area contributed by atoms with Crippen molar-refractivity contribution in [2.45, 2.75) is 18.9 Å². The number of methoxy groups -OCH3 is 2. The number of carbonyl (C=O) groups is 2. The van der Waals surface area contributed by atoms with Gasteiger partial charge in [-0.05, 0) is 29.8 Å². The maximum atomic E-state index is 13.3. The van der Waals surface area contributed by atoms with E-state index in [9.17, 15) is 14.4 Å². The molecule has 3 aromatic rings. The quantitative estimate of drug-likeness (QED) is 0.588. The van der Waals surface area contributed by atoms with Gasteiger partial charge in [-0.15, -0.1) is 0 Å². The molecule has 1 aliphatic heterocycles. The van der Waals surface area contributed by atoms with E-state index in [0.29, 0.717) is 17.3 Å². The largest absolute Gasteiger partial charge is 0.497 e. The van der Waals surface area contributed by atoms with Crippen LogP contribution in [0.4, 0.5) is 11.5 Å². The molecule has 1 unspecified atom stereocenters. The molecule has 0 radical (unpaired) electrons. The summed E-state index contributed by atoms with van der Waals surface area (Å²) in [6.07, 6.45) is 0.215. The van der Waals surface area contributed by atoms with E-state index in [2.05, 4.69) is 0 Å². The molecule has 1 amide bonds. The van der Waals surface area contributed by atoms with Gasteiger partial charge in [0.15, 0.2) is 0 Å². The van der Waals surface area contributed by atoms with E-state index >= 15 is 0 Å². The first-order valence-corrected chi connectivity index (χ1v) is 10.2. The standard InChI is InChI=1S/C22H20N2O5S/c1-28-16-10-8-14(9-11-16)17-12-18(25)24(15-6-4-3-5-7-15)21-20(17)30-22(27)23(21)13-19(26)29-2/h3-11,17H,12-13H2,1-2H3. The zero-order chi connectivity index (χ0) is 21.3. The highest BCUT2D eigenvalue weighted by molar-refractivity contribution is 7.10. The zero-order valence-electron chi connectivity index (χ0n) is 16.5. The molecule has 0 N–H and O–H groups in total. The van der Waals surface area contributed by atoms with Crippen LogP contribution in [0.25, 0.3) is 0 Å². The van der Waals surface area contributed by atoms with Crippen LogP contribution in [0, 0.1) is 0 Å². The number of rotatable bonds is 5. The van der Waals surface area contributed by atoms with Crippen LogP contribution >= 0.6 is 11.3 Å². The molecule has 154 valence electrons. The fourth-order valence-corrected chi connectivity index (χ4v) is 4.73. The maximum Gasteiger partial charge on any atom is 0.325 e. The van der Waals surface area contributed by atoms with Gasteiger partial charge in [0.2, 0.25) is 5.91 Å². The highest BCUT2D eigenvalue weighted by Gasteiger charge is 2.38. The molecular weight excluding hydrogens is 404 g/mol. The van der Waals surface area contributed by atoms with Crippen molar-refractivity contribution in [2.75, 3.05) is 19.1 Å². The van der Waals surface area contributed by atoms with E-state index in [1.807, 2.05) is 42.5 Å². The van der Waals surface area contributed by atoms with Crippen molar-refractivity contribution in [1.29, 1.82) is 0 Å². The number of para-hydroxylation sites is 1. The van der Waals surface area contributed by atoms with Crippen molar-refractivity contribution in [1.82, 2.24) is 4.57 Å². The third kappa shape index (κ3) is 3.50. The normalized spacial score (nSPS) is 15.6. The van der Waals surface area contributed by atoms with E-state index in [1.165, 1.54) is 16.6 Å². The summed E-state index contributed by atoms with van der Waals surface area (Å²) in [7, 11) is 2.86. The van der Waals surface area contributed by atoms with Gasteiger partial charge in [0.05, 0.1) is 24.8 Å². The summed E-state index contributed by atoms with van der Waals surface area (Å²) >= 11 is 1.06. The molecule has 2 aromatic carbocycles. The van der Waals surface area contributed by atoms with Crippen LogP contribution in [0.2, 0.25) is 0 Å². The monoisotopic (exact) mass is 424 g/mol. The van der Waals surface area contributed by atoms with Crippen molar-refractivity contribution >= 4 is 34.7 Å². The fraction of sp³-hybridized carbons (Fsp3) is 0.227. The first-order chi connectivity index (χ1) is 14.5. The number of hydrogen-bond acceptors (Lipinski definition) is 6. The molecule has 8 heteroatoms. The summed E-state index contributed by atoms with van der Waals surface area (Å²) in [6.45, 7) is -0.257. The highest BCUT2D eigenvalue weighted by atomic mass is 32.1. The number of anilines is 2. The molecule has 0 saturated carbocycles. The van der Waals surface area contributed by atoms with Crippen LogP contribution in [-0.2, 0) is 20.9 Å². The number of ether oxygens (including phenoxy) is 2. The number of thiazole rings is 1. The van der Waals surface area contributed by atoms with E-state index in [-0.39, 0.29) is 29.7 Å². The molecule has 0 fully saturated rings. The Hall–Kier alpha value is -3.39. The Balaban J connectivity index is 1.89. The molecule has 30 heavy (non-hydrogen) atoms. The minimum atomic E-state index is -0.551. The van der Waals surface area contributed by atoms with E-state index in [0.717, 1.165) is 21.8 Å². The molecular formula is C22H20N2O5S. The number of aromatic nitrogens is 1. The minimum absolute atomic E-state index is 0.147. The lowest BCUT2D eigenvalue weighted by molar-refractivity contribution is -0.141. The number of carbonyl (C=O) groups excluding carboxylic acids is 2. The van der Waals surface area contributed by atoms with Crippen molar-refractivity contribution in [3.63, 3.8) is 0 Å². The second-order valence-corrected chi connectivity index (χ2v) is 7.81. The average Bonchev–Trinajstić information content (AvgIpc) is 3.09. The van der Waals surface area contributed by atoms with Gasteiger partial charge in [-0.2, -0.15) is 0 Å². The van der Waals surface area contributed by atoms with E-state index < -0.39 is 5.97 Å². The number of hydrogen-bond donors (Lipinski definition) is 0. The molecule has 0 saturated heterocycles. The number of amides is 1. The number of fused-ring (bicyclic) bond motifs is 1. The third-order valence-corrected chi connectivity index (χ3v) is 6.18. The van der Waals surface area contributed by atoms with Crippen LogP contribution < -0.4 is 14.5 Å². The van der Waals surface area contributed by atoms with Gasteiger partial charge in [-0.25, -0.2) is 0 Å². The lowest BCUT2D eigenvalue weighted by Gasteiger charge is -2.32. The zero-order valence-corrected chi connectivity index (χ0v) is 17.3. The summed E-state index contributed by atoms with van der Waals surface area (Å²) in [4.78, 5) is 40.0. The van der Waals surface area contributed by atoms with Gasteiger partial charge in [0.1, 0.15) is 18.1 Å². The van der Waals surface area contributed by atoms with Crippen molar-refractivity contribution < 1.29 is 19.1 Å². The maximum absolute atomic E-state index is 13.3. The van der Waals surface area contributed by atoms with Crippen LogP contribution in [0.15, 0.2) is 59.4 Å². The Morgan fingerprint density at radius 1 is 1.07 bits per heavy atom. The van der Waals surface area contributed by atoms with E-state index in [4.69, 9.17) is 9.47 Å². The van der Waals surface area contributed by atoms with Gasteiger partial charge in [0, 0.05) is 12.3 Å². The highest BCUT2D eigenvalue weighted by Crippen LogP contribution is 2.44. The lowest BCUT2D eigenvalue weighted by atomic mass is 9.90. The van der Waals surface area contributed by atoms with Crippen LogP contribution in [0.3, 0.4) is 0 Å². The SMILES string of the molecule is COC(=O)Cn1c2c(sc1=O)C(c1ccc(OC)cc1)CC(=O)N2c1ccccc1. The Bertz CT molecular complexity index is 1130. The molecule has 1 aromatic heterocycles. The Labute approximate surface area is 177 Å². The molecule has 1 aliphatic rings. The average molecular weight is 424 g/mol. The summed E-state index contributed by atoms with van der Waals surface area (Å²) < 4.78 is 11.3. The van der Waals surface area contributed by atoms with Gasteiger partial charge in [0.25, 0.3) is 0 Å². The fourth-order valence-electron chi connectivity index (χ4n) is 3.63. The van der Waals surface area contributed by atoms with Crippen LogP contribution in [0.1, 0.15) is 22.8 Å². The molecule has 0 bridgehead atoms. The first-order valence-electron chi connectivity index (χ1n) is 9.35. The van der Waals surface area contributed by atoms with Crippen molar-refractivity contribution in [2.24, 2.45) is 0 Å². The molecule has 7 nitrogen and oxygen atoms in total. The number of nitrogens with zero attached hydrogens (tertiary/aromatic N) is 2. The summed E-state index contributed by atoms with van der Waals surface area (Å²) in [5, 5.41) is 0. The Kier molecular flexibility index (Phi) is 5.41. The first kappa shape index (κ1) is 19.9. The third-order valence-electron chi connectivity index (χ3n) is 5.10. The van der Waals surface area contributed by atoms with Gasteiger partial charge in [-0.3, -0.25) is 23.9 Å². The van der Waals surface area contributed by atoms with Crippen LogP contribution in [0.5, 0.6) is 5.75 Å². The summed E-state index contributed by atoms with van der Waals surface area (Å²) in [6, 6.07) is 16.6. The second kappa shape index (κ2) is 8.16. The molecule has 0 aliphatic carbocycles. The summed E-state index contributed by atoms with van der Waals surface area (Å²) in [5.74, 6) is 0.160. The molecule has 1 atom stereocenters. The van der Waals surface area contributed by atoms with Gasteiger partial charge in [-0.1, -0.05) is 41.7 Å². The van der Waals surface area contributed by atoms with Crippen molar-refractivity contribution in [3.8, 4) is 5.75 Å². The smallest absolute Gasteiger partial charge is 0.325 e. The Morgan fingerprint density at radius 3 is 2.40 bits per heavy atom. The minimum Gasteiger partial charge on any atom is -0.497 e. The predicted octanol–water partition coefficient (Wildman–Crippen LogP) is 3.29. The number of benzene rings is 2.